The number of sulfonamides is 1. The van der Waals surface area contributed by atoms with Crippen LogP contribution in [0.5, 0.6) is 11.5 Å². The zero-order valence-electron chi connectivity index (χ0n) is 14.2. The molecule has 0 aliphatic rings. The largest absolute Gasteiger partial charge is 0.495 e. The predicted molar refractivity (Wildman–Crippen MR) is 97.8 cm³/mol. The Balaban J connectivity index is 2.59. The van der Waals surface area contributed by atoms with Gasteiger partial charge in [0.2, 0.25) is 0 Å². The van der Waals surface area contributed by atoms with E-state index < -0.39 is 22.5 Å². The van der Waals surface area contributed by atoms with Crippen LogP contribution in [0.4, 0.5) is 5.69 Å². The van der Waals surface area contributed by atoms with Crippen LogP contribution < -0.4 is 13.8 Å². The summed E-state index contributed by atoms with van der Waals surface area (Å²) in [6, 6.07) is 10.3. The number of aliphatic carboxylic acids is 1. The van der Waals surface area contributed by atoms with E-state index in [1.165, 1.54) is 31.4 Å². The maximum atomic E-state index is 13.1. The van der Waals surface area contributed by atoms with Gasteiger partial charge in [0, 0.05) is 0 Å². The highest BCUT2D eigenvalue weighted by atomic mass is 35.5. The second-order valence-corrected chi connectivity index (χ2v) is 7.37. The molecule has 2 aromatic rings. The minimum Gasteiger partial charge on any atom is -0.495 e. The fraction of sp³-hybridized carbons (Fsp3) is 0.235. The minimum absolute atomic E-state index is 0.0990. The van der Waals surface area contributed by atoms with Gasteiger partial charge in [0.1, 0.15) is 18.0 Å². The molecule has 0 aliphatic carbocycles. The van der Waals surface area contributed by atoms with Crippen molar-refractivity contribution in [1.29, 1.82) is 0 Å². The van der Waals surface area contributed by atoms with E-state index in [1.807, 2.05) is 0 Å². The Morgan fingerprint density at radius 2 is 1.88 bits per heavy atom. The summed E-state index contributed by atoms with van der Waals surface area (Å²) in [5, 5.41) is 9.32. The Morgan fingerprint density at radius 1 is 1.19 bits per heavy atom. The summed E-state index contributed by atoms with van der Waals surface area (Å²) in [5.41, 5.74) is 0.128. The Hall–Kier alpha value is -2.45. The van der Waals surface area contributed by atoms with Gasteiger partial charge in [-0.1, -0.05) is 23.7 Å². The van der Waals surface area contributed by atoms with E-state index in [0.29, 0.717) is 12.4 Å². The summed E-state index contributed by atoms with van der Waals surface area (Å²) in [5.74, 6) is -0.732. The topological polar surface area (TPSA) is 93.1 Å². The zero-order chi connectivity index (χ0) is 19.3. The first-order chi connectivity index (χ1) is 12.3. The van der Waals surface area contributed by atoms with E-state index in [2.05, 4.69) is 0 Å². The molecule has 2 aromatic carbocycles. The SMILES string of the molecule is CCOc1ccccc1N(CC(=O)O)S(=O)(=O)c1ccc(OC)c(Cl)c1. The summed E-state index contributed by atoms with van der Waals surface area (Å²) in [7, 11) is -2.80. The fourth-order valence-corrected chi connectivity index (χ4v) is 4.07. The molecule has 26 heavy (non-hydrogen) atoms. The molecule has 1 N–H and O–H groups in total. The molecule has 0 aromatic heterocycles. The van der Waals surface area contributed by atoms with Crippen molar-refractivity contribution in [3.8, 4) is 11.5 Å². The number of para-hydroxylation sites is 2. The molecule has 9 heteroatoms. The van der Waals surface area contributed by atoms with Crippen LogP contribution in [0.1, 0.15) is 6.92 Å². The number of halogens is 1. The molecule has 0 spiro atoms. The summed E-state index contributed by atoms with van der Waals surface area (Å²) >= 11 is 6.02. The third-order valence-electron chi connectivity index (χ3n) is 3.42. The summed E-state index contributed by atoms with van der Waals surface area (Å²) in [6.45, 7) is 1.28. The number of nitrogens with zero attached hydrogens (tertiary/aromatic N) is 1. The minimum atomic E-state index is -4.20. The molecule has 0 amide bonds. The van der Waals surface area contributed by atoms with Crippen molar-refractivity contribution in [2.75, 3.05) is 24.6 Å². The van der Waals surface area contributed by atoms with Gasteiger partial charge >= 0.3 is 5.97 Å². The van der Waals surface area contributed by atoms with E-state index >= 15 is 0 Å². The van der Waals surface area contributed by atoms with Gasteiger partial charge in [0.05, 0.1) is 29.3 Å². The van der Waals surface area contributed by atoms with Crippen LogP contribution in [0, 0.1) is 0 Å². The first-order valence-electron chi connectivity index (χ1n) is 7.61. The molecular formula is C17H18ClNO6S. The summed E-state index contributed by atoms with van der Waals surface area (Å²) in [6.07, 6.45) is 0. The maximum Gasteiger partial charge on any atom is 0.324 e. The van der Waals surface area contributed by atoms with Crippen molar-refractivity contribution >= 4 is 33.3 Å². The average molecular weight is 400 g/mol. The van der Waals surface area contributed by atoms with Gasteiger partial charge in [-0.25, -0.2) is 8.42 Å². The second kappa shape index (κ2) is 8.29. The quantitative estimate of drug-likeness (QED) is 0.733. The normalized spacial score (nSPS) is 11.0. The van der Waals surface area contributed by atoms with Gasteiger partial charge in [0.25, 0.3) is 10.0 Å². The highest BCUT2D eigenvalue weighted by molar-refractivity contribution is 7.92. The zero-order valence-corrected chi connectivity index (χ0v) is 15.7. The van der Waals surface area contributed by atoms with Crippen LogP contribution in [-0.4, -0.2) is 39.8 Å². The molecule has 0 bridgehead atoms. The van der Waals surface area contributed by atoms with Crippen molar-refractivity contribution in [3.63, 3.8) is 0 Å². The Kier molecular flexibility index (Phi) is 6.33. The first kappa shape index (κ1) is 19.9. The van der Waals surface area contributed by atoms with Crippen LogP contribution >= 0.6 is 11.6 Å². The lowest BCUT2D eigenvalue weighted by atomic mass is 10.3. The lowest BCUT2D eigenvalue weighted by Gasteiger charge is -2.25. The van der Waals surface area contributed by atoms with Crippen LogP contribution in [0.15, 0.2) is 47.4 Å². The second-order valence-electron chi connectivity index (χ2n) is 5.10. The third kappa shape index (κ3) is 4.20. The van der Waals surface area contributed by atoms with Gasteiger partial charge in [-0.3, -0.25) is 9.10 Å². The monoisotopic (exact) mass is 399 g/mol. The van der Waals surface area contributed by atoms with Gasteiger partial charge in [-0.15, -0.1) is 0 Å². The van der Waals surface area contributed by atoms with Gasteiger partial charge < -0.3 is 14.6 Å². The molecule has 0 saturated carbocycles. The van der Waals surface area contributed by atoms with Crippen LogP contribution in [-0.2, 0) is 14.8 Å². The smallest absolute Gasteiger partial charge is 0.324 e. The lowest BCUT2D eigenvalue weighted by molar-refractivity contribution is -0.135. The average Bonchev–Trinajstić information content (AvgIpc) is 2.60. The first-order valence-corrected chi connectivity index (χ1v) is 9.43. The van der Waals surface area contributed by atoms with E-state index in [9.17, 15) is 18.3 Å². The van der Waals surface area contributed by atoms with Gasteiger partial charge in [0.15, 0.2) is 0 Å². The van der Waals surface area contributed by atoms with Gasteiger partial charge in [-0.2, -0.15) is 0 Å². The molecule has 0 fully saturated rings. The molecular weight excluding hydrogens is 382 g/mol. The number of methoxy groups -OCH3 is 1. The fourth-order valence-electron chi connectivity index (χ4n) is 2.30. The number of carboxylic acid groups (broad SMARTS) is 1. The number of benzene rings is 2. The highest BCUT2D eigenvalue weighted by Gasteiger charge is 2.29. The number of carbonyl (C=O) groups is 1. The van der Waals surface area contributed by atoms with E-state index in [-0.39, 0.29) is 21.4 Å². The number of hydrogen-bond donors (Lipinski definition) is 1. The van der Waals surface area contributed by atoms with Crippen molar-refractivity contribution < 1.29 is 27.8 Å². The highest BCUT2D eigenvalue weighted by Crippen LogP contribution is 2.34. The van der Waals surface area contributed by atoms with Gasteiger partial charge in [-0.05, 0) is 37.3 Å². The standard InChI is InChI=1S/C17H18ClNO6S/c1-3-25-16-7-5-4-6-14(16)19(11-17(20)21)26(22,23)12-8-9-15(24-2)13(18)10-12/h4-10H,3,11H2,1-2H3,(H,20,21). The van der Waals surface area contributed by atoms with Crippen LogP contribution in [0.25, 0.3) is 0 Å². The number of rotatable bonds is 8. The van der Waals surface area contributed by atoms with Crippen molar-refractivity contribution in [1.82, 2.24) is 0 Å². The number of carboxylic acids is 1. The Labute approximate surface area is 156 Å². The van der Waals surface area contributed by atoms with Crippen LogP contribution in [0.2, 0.25) is 5.02 Å². The number of hydrogen-bond acceptors (Lipinski definition) is 5. The van der Waals surface area contributed by atoms with Crippen molar-refractivity contribution in [3.05, 3.63) is 47.5 Å². The molecule has 2 rings (SSSR count). The molecule has 0 aliphatic heterocycles. The summed E-state index contributed by atoms with van der Waals surface area (Å²) < 4.78 is 37.4. The molecule has 0 unspecified atom stereocenters. The maximum absolute atomic E-state index is 13.1. The van der Waals surface area contributed by atoms with E-state index in [0.717, 1.165) is 4.31 Å². The Bertz CT molecular complexity index is 900. The number of anilines is 1. The molecule has 140 valence electrons. The molecule has 7 nitrogen and oxygen atoms in total. The molecule has 0 saturated heterocycles. The summed E-state index contributed by atoms with van der Waals surface area (Å²) in [4.78, 5) is 11.1. The van der Waals surface area contributed by atoms with E-state index in [1.54, 1.807) is 25.1 Å². The van der Waals surface area contributed by atoms with Crippen molar-refractivity contribution in [2.45, 2.75) is 11.8 Å². The third-order valence-corrected chi connectivity index (χ3v) is 5.48. The van der Waals surface area contributed by atoms with Crippen LogP contribution in [0.3, 0.4) is 0 Å². The van der Waals surface area contributed by atoms with Crippen molar-refractivity contribution in [2.24, 2.45) is 0 Å². The predicted octanol–water partition coefficient (Wildman–Crippen LogP) is 3.03. The number of ether oxygens (including phenoxy) is 2. The lowest BCUT2D eigenvalue weighted by Crippen LogP contribution is -2.36. The van der Waals surface area contributed by atoms with E-state index in [4.69, 9.17) is 21.1 Å². The Morgan fingerprint density at radius 3 is 2.46 bits per heavy atom. The molecule has 0 radical (unpaired) electrons. The molecule has 0 heterocycles. The molecule has 0 atom stereocenters.